The van der Waals surface area contributed by atoms with E-state index < -0.39 is 0 Å². The van der Waals surface area contributed by atoms with Gasteiger partial charge in [0.25, 0.3) is 5.91 Å². The molecule has 1 atom stereocenters. The van der Waals surface area contributed by atoms with E-state index in [0.717, 1.165) is 40.5 Å². The fraction of sp³-hybridized carbons (Fsp3) is 0.273. The Morgan fingerprint density at radius 3 is 2.83 bits per heavy atom. The van der Waals surface area contributed by atoms with Crippen molar-refractivity contribution in [3.8, 4) is 22.1 Å². The number of aromatic nitrogens is 1. The molecule has 2 aromatic carbocycles. The van der Waals surface area contributed by atoms with Gasteiger partial charge in [0, 0.05) is 28.1 Å². The van der Waals surface area contributed by atoms with Crippen molar-refractivity contribution in [2.45, 2.75) is 18.9 Å². The molecule has 29 heavy (non-hydrogen) atoms. The highest BCUT2D eigenvalue weighted by Crippen LogP contribution is 2.40. The van der Waals surface area contributed by atoms with Gasteiger partial charge in [0.1, 0.15) is 22.2 Å². The highest BCUT2D eigenvalue weighted by atomic mass is 35.5. The SMILES string of the molecule is COc1ccc(OC)c(C2CCCN2C(=O)c2csc(-c3cccc(Cl)c3)n2)c1. The lowest BCUT2D eigenvalue weighted by molar-refractivity contribution is 0.0729. The van der Waals surface area contributed by atoms with E-state index in [1.165, 1.54) is 11.3 Å². The van der Waals surface area contributed by atoms with Gasteiger partial charge in [-0.25, -0.2) is 4.98 Å². The van der Waals surface area contributed by atoms with Crippen LogP contribution >= 0.6 is 22.9 Å². The summed E-state index contributed by atoms with van der Waals surface area (Å²) in [6.07, 6.45) is 1.81. The van der Waals surface area contributed by atoms with Crippen LogP contribution in [0.15, 0.2) is 47.8 Å². The van der Waals surface area contributed by atoms with Crippen molar-refractivity contribution in [1.82, 2.24) is 9.88 Å². The van der Waals surface area contributed by atoms with Crippen LogP contribution in [0.1, 0.15) is 34.9 Å². The van der Waals surface area contributed by atoms with Gasteiger partial charge in [0.05, 0.1) is 20.3 Å². The molecular formula is C22H21ClN2O3S. The summed E-state index contributed by atoms with van der Waals surface area (Å²) < 4.78 is 10.9. The van der Waals surface area contributed by atoms with E-state index in [0.29, 0.717) is 17.3 Å². The zero-order valence-electron chi connectivity index (χ0n) is 16.2. The molecular weight excluding hydrogens is 408 g/mol. The largest absolute Gasteiger partial charge is 0.497 e. The fourth-order valence-corrected chi connectivity index (χ4v) is 4.69. The number of ether oxygens (including phenoxy) is 2. The van der Waals surface area contributed by atoms with Gasteiger partial charge < -0.3 is 14.4 Å². The zero-order chi connectivity index (χ0) is 20.4. The molecule has 0 aliphatic carbocycles. The van der Waals surface area contributed by atoms with Crippen molar-refractivity contribution in [2.75, 3.05) is 20.8 Å². The minimum Gasteiger partial charge on any atom is -0.497 e. The summed E-state index contributed by atoms with van der Waals surface area (Å²) >= 11 is 7.53. The third-order valence-corrected chi connectivity index (χ3v) is 6.23. The normalized spacial score (nSPS) is 16.1. The molecule has 1 aliphatic heterocycles. The maximum Gasteiger partial charge on any atom is 0.273 e. The van der Waals surface area contributed by atoms with Crippen LogP contribution in [0.5, 0.6) is 11.5 Å². The van der Waals surface area contributed by atoms with Crippen molar-refractivity contribution in [3.63, 3.8) is 0 Å². The first kappa shape index (κ1) is 19.7. The van der Waals surface area contributed by atoms with Crippen LogP contribution < -0.4 is 9.47 Å². The van der Waals surface area contributed by atoms with Crippen LogP contribution in [0, 0.1) is 0 Å². The van der Waals surface area contributed by atoms with Crippen LogP contribution in [-0.2, 0) is 0 Å². The molecule has 1 aliphatic rings. The molecule has 0 spiro atoms. The van der Waals surface area contributed by atoms with Crippen LogP contribution in [0.25, 0.3) is 10.6 Å². The summed E-state index contributed by atoms with van der Waals surface area (Å²) in [6, 6.07) is 13.1. The van der Waals surface area contributed by atoms with E-state index in [-0.39, 0.29) is 11.9 Å². The summed E-state index contributed by atoms with van der Waals surface area (Å²) in [5.41, 5.74) is 2.33. The number of halogens is 1. The van der Waals surface area contributed by atoms with Gasteiger partial charge in [-0.15, -0.1) is 11.3 Å². The number of hydrogen-bond donors (Lipinski definition) is 0. The number of amides is 1. The fourth-order valence-electron chi connectivity index (χ4n) is 3.71. The van der Waals surface area contributed by atoms with Crippen LogP contribution in [0.2, 0.25) is 5.02 Å². The van der Waals surface area contributed by atoms with Gasteiger partial charge in [-0.05, 0) is 43.2 Å². The smallest absolute Gasteiger partial charge is 0.273 e. The second-order valence-electron chi connectivity index (χ2n) is 6.81. The van der Waals surface area contributed by atoms with Crippen molar-refractivity contribution in [1.29, 1.82) is 0 Å². The van der Waals surface area contributed by atoms with E-state index in [4.69, 9.17) is 21.1 Å². The monoisotopic (exact) mass is 428 g/mol. The second kappa shape index (κ2) is 8.43. The van der Waals surface area contributed by atoms with Crippen LogP contribution in [0.4, 0.5) is 0 Å². The third-order valence-electron chi connectivity index (χ3n) is 5.10. The molecule has 1 amide bonds. The molecule has 0 N–H and O–H groups in total. The van der Waals surface area contributed by atoms with E-state index in [2.05, 4.69) is 4.98 Å². The van der Waals surface area contributed by atoms with Crippen molar-refractivity contribution >= 4 is 28.8 Å². The van der Waals surface area contributed by atoms with E-state index in [1.54, 1.807) is 14.2 Å². The van der Waals surface area contributed by atoms with E-state index >= 15 is 0 Å². The van der Waals surface area contributed by atoms with E-state index in [9.17, 15) is 4.79 Å². The quantitative estimate of drug-likeness (QED) is 0.541. The number of carbonyl (C=O) groups is 1. The number of nitrogens with zero attached hydrogens (tertiary/aromatic N) is 2. The molecule has 1 aromatic heterocycles. The lowest BCUT2D eigenvalue weighted by Crippen LogP contribution is -2.31. The summed E-state index contributed by atoms with van der Waals surface area (Å²) in [4.78, 5) is 19.7. The number of likely N-dealkylation sites (tertiary alicyclic amines) is 1. The van der Waals surface area contributed by atoms with Crippen molar-refractivity contribution in [3.05, 3.63) is 64.1 Å². The number of thiazole rings is 1. The van der Waals surface area contributed by atoms with Crippen molar-refractivity contribution < 1.29 is 14.3 Å². The van der Waals surface area contributed by atoms with Gasteiger partial charge >= 0.3 is 0 Å². The predicted octanol–water partition coefficient (Wildman–Crippen LogP) is 5.46. The maximum atomic E-state index is 13.3. The Balaban J connectivity index is 1.62. The molecule has 0 radical (unpaired) electrons. The highest BCUT2D eigenvalue weighted by Gasteiger charge is 2.33. The topological polar surface area (TPSA) is 51.7 Å². The van der Waals surface area contributed by atoms with Gasteiger partial charge in [-0.2, -0.15) is 0 Å². The molecule has 5 nitrogen and oxygen atoms in total. The number of rotatable bonds is 5. The second-order valence-corrected chi connectivity index (χ2v) is 8.11. The Labute approximate surface area is 178 Å². The summed E-state index contributed by atoms with van der Waals surface area (Å²) in [5.74, 6) is 1.44. The predicted molar refractivity (Wildman–Crippen MR) is 115 cm³/mol. The molecule has 0 saturated carbocycles. The molecule has 4 rings (SSSR count). The Hall–Kier alpha value is -2.57. The summed E-state index contributed by atoms with van der Waals surface area (Å²) in [5, 5.41) is 3.25. The lowest BCUT2D eigenvalue weighted by atomic mass is 10.0. The maximum absolute atomic E-state index is 13.3. The summed E-state index contributed by atoms with van der Waals surface area (Å²) in [7, 11) is 3.28. The first-order valence-electron chi connectivity index (χ1n) is 9.35. The van der Waals surface area contributed by atoms with Crippen LogP contribution in [0.3, 0.4) is 0 Å². The van der Waals surface area contributed by atoms with Gasteiger partial charge in [0.15, 0.2) is 0 Å². The summed E-state index contributed by atoms with van der Waals surface area (Å²) in [6.45, 7) is 0.688. The standard InChI is InChI=1S/C22H21ClN2O3S/c1-27-16-8-9-20(28-2)17(12-16)19-7-4-10-25(19)22(26)18-13-29-21(24-18)14-5-3-6-15(23)11-14/h3,5-6,8-9,11-13,19H,4,7,10H2,1-2H3. The number of methoxy groups -OCH3 is 2. The highest BCUT2D eigenvalue weighted by molar-refractivity contribution is 7.13. The van der Waals surface area contributed by atoms with E-state index in [1.807, 2.05) is 52.7 Å². The molecule has 7 heteroatoms. The third kappa shape index (κ3) is 3.95. The number of benzene rings is 2. The molecule has 2 heterocycles. The average molecular weight is 429 g/mol. The molecule has 150 valence electrons. The molecule has 1 saturated heterocycles. The molecule has 1 fully saturated rings. The van der Waals surface area contributed by atoms with Crippen molar-refractivity contribution in [2.24, 2.45) is 0 Å². The Kier molecular flexibility index (Phi) is 5.74. The van der Waals surface area contributed by atoms with Gasteiger partial charge in [-0.3, -0.25) is 4.79 Å². The number of hydrogen-bond acceptors (Lipinski definition) is 5. The molecule has 0 bridgehead atoms. The lowest BCUT2D eigenvalue weighted by Gasteiger charge is -2.26. The first-order chi connectivity index (χ1) is 14.1. The average Bonchev–Trinajstić information content (AvgIpc) is 3.42. The molecule has 3 aromatic rings. The molecule has 1 unspecified atom stereocenters. The Morgan fingerprint density at radius 1 is 1.21 bits per heavy atom. The number of carbonyl (C=O) groups excluding carboxylic acids is 1. The minimum absolute atomic E-state index is 0.0659. The Morgan fingerprint density at radius 2 is 2.07 bits per heavy atom. The van der Waals surface area contributed by atoms with Gasteiger partial charge in [-0.1, -0.05) is 23.7 Å². The Bertz CT molecular complexity index is 1040. The van der Waals surface area contributed by atoms with Gasteiger partial charge in [0.2, 0.25) is 0 Å². The van der Waals surface area contributed by atoms with Crippen LogP contribution in [-0.4, -0.2) is 36.6 Å². The minimum atomic E-state index is -0.0677. The zero-order valence-corrected chi connectivity index (χ0v) is 17.8. The first-order valence-corrected chi connectivity index (χ1v) is 10.6.